The molecule has 0 aromatic rings. The van der Waals surface area contributed by atoms with Crippen LogP contribution in [-0.4, -0.2) is 49.3 Å². The molecule has 0 aliphatic heterocycles. The van der Waals surface area contributed by atoms with Gasteiger partial charge >= 0.3 is 19.8 Å². The average molecular weight is 958 g/mol. The molecule has 0 aromatic carbocycles. The lowest BCUT2D eigenvalue weighted by Crippen LogP contribution is -2.29. The van der Waals surface area contributed by atoms with Gasteiger partial charge in [0, 0.05) is 19.4 Å². The lowest BCUT2D eigenvalue weighted by molar-refractivity contribution is -0.161. The Morgan fingerprint density at radius 3 is 1.15 bits per heavy atom. The summed E-state index contributed by atoms with van der Waals surface area (Å²) in [5.74, 6) is -0.846. The van der Waals surface area contributed by atoms with Gasteiger partial charge in [0.2, 0.25) is 0 Å². The van der Waals surface area contributed by atoms with E-state index in [0.717, 1.165) is 96.3 Å². The molecule has 2 unspecified atom stereocenters. The van der Waals surface area contributed by atoms with Crippen molar-refractivity contribution >= 4 is 19.8 Å². The summed E-state index contributed by atoms with van der Waals surface area (Å²) in [6.07, 6.45) is 67.8. The Morgan fingerprint density at radius 2 is 0.776 bits per heavy atom. The van der Waals surface area contributed by atoms with Crippen molar-refractivity contribution in [1.82, 2.24) is 0 Å². The summed E-state index contributed by atoms with van der Waals surface area (Å²) in [7, 11) is -4.39. The van der Waals surface area contributed by atoms with Crippen LogP contribution < -0.4 is 5.73 Å². The molecule has 0 amide bonds. The molecule has 2 atom stereocenters. The molecule has 0 fully saturated rings. The van der Waals surface area contributed by atoms with Crippen LogP contribution in [-0.2, 0) is 32.7 Å². The number of nitrogens with two attached hydrogens (primary N) is 1. The third-order valence-electron chi connectivity index (χ3n) is 11.3. The molecule has 10 heteroatoms. The predicted molar refractivity (Wildman–Crippen MR) is 284 cm³/mol. The van der Waals surface area contributed by atoms with Gasteiger partial charge in [-0.1, -0.05) is 221 Å². The number of unbranched alkanes of at least 4 members (excludes halogenated alkanes) is 23. The van der Waals surface area contributed by atoms with Gasteiger partial charge in [0.05, 0.1) is 13.2 Å². The quantitative estimate of drug-likeness (QED) is 0.0264. The molecule has 0 heterocycles. The van der Waals surface area contributed by atoms with Crippen LogP contribution >= 0.6 is 7.82 Å². The van der Waals surface area contributed by atoms with E-state index in [1.165, 1.54) is 96.3 Å². The van der Waals surface area contributed by atoms with Crippen molar-refractivity contribution in [3.05, 3.63) is 85.1 Å². The zero-order chi connectivity index (χ0) is 48.8. The number of carbonyl (C=O) groups excluding carboxylic acids is 2. The fourth-order valence-electron chi connectivity index (χ4n) is 7.35. The molecule has 386 valence electrons. The third kappa shape index (κ3) is 52.4. The lowest BCUT2D eigenvalue weighted by atomic mass is 10.0. The highest BCUT2D eigenvalue weighted by Crippen LogP contribution is 2.43. The highest BCUT2D eigenvalue weighted by Gasteiger charge is 2.26. The van der Waals surface area contributed by atoms with E-state index in [0.29, 0.717) is 12.8 Å². The lowest BCUT2D eigenvalue weighted by Gasteiger charge is -2.19. The Kier molecular flexibility index (Phi) is 50.4. The molecule has 67 heavy (non-hydrogen) atoms. The molecular formula is C57H100NO8P. The second-order valence-electron chi connectivity index (χ2n) is 17.7. The molecule has 0 spiro atoms. The van der Waals surface area contributed by atoms with Gasteiger partial charge in [-0.25, -0.2) is 4.57 Å². The Bertz CT molecular complexity index is 1370. The van der Waals surface area contributed by atoms with Crippen LogP contribution in [0.3, 0.4) is 0 Å². The van der Waals surface area contributed by atoms with Crippen molar-refractivity contribution < 1.29 is 37.6 Å². The zero-order valence-corrected chi connectivity index (χ0v) is 43.8. The summed E-state index contributed by atoms with van der Waals surface area (Å²) in [6.45, 7) is 3.50. The van der Waals surface area contributed by atoms with Crippen molar-refractivity contribution in [3.8, 4) is 0 Å². The van der Waals surface area contributed by atoms with E-state index < -0.39 is 32.5 Å². The van der Waals surface area contributed by atoms with Gasteiger partial charge in [0.15, 0.2) is 6.10 Å². The minimum absolute atomic E-state index is 0.0484. The van der Waals surface area contributed by atoms with Gasteiger partial charge in [0.1, 0.15) is 6.61 Å². The van der Waals surface area contributed by atoms with E-state index in [9.17, 15) is 19.0 Å². The number of rotatable bonds is 50. The minimum atomic E-state index is -4.39. The molecule has 0 aromatic heterocycles. The smallest absolute Gasteiger partial charge is 0.462 e. The highest BCUT2D eigenvalue weighted by atomic mass is 31.2. The molecule has 0 saturated heterocycles. The average Bonchev–Trinajstić information content (AvgIpc) is 3.32. The molecular weight excluding hydrogens is 858 g/mol. The van der Waals surface area contributed by atoms with Crippen LogP contribution in [0.15, 0.2) is 85.1 Å². The van der Waals surface area contributed by atoms with Crippen molar-refractivity contribution in [2.24, 2.45) is 5.73 Å². The summed E-state index contributed by atoms with van der Waals surface area (Å²) in [4.78, 5) is 35.1. The van der Waals surface area contributed by atoms with Gasteiger partial charge < -0.3 is 20.1 Å². The van der Waals surface area contributed by atoms with E-state index in [-0.39, 0.29) is 32.6 Å². The first kappa shape index (κ1) is 64.2. The largest absolute Gasteiger partial charge is 0.472 e. The van der Waals surface area contributed by atoms with E-state index in [1.807, 2.05) is 0 Å². The second-order valence-corrected chi connectivity index (χ2v) is 19.1. The topological polar surface area (TPSA) is 134 Å². The molecule has 0 radical (unpaired) electrons. The summed E-state index contributed by atoms with van der Waals surface area (Å²) < 4.78 is 32.9. The number of esters is 2. The first-order valence-corrected chi connectivity index (χ1v) is 28.6. The van der Waals surface area contributed by atoms with E-state index >= 15 is 0 Å². The van der Waals surface area contributed by atoms with Crippen molar-refractivity contribution in [1.29, 1.82) is 0 Å². The summed E-state index contributed by atoms with van der Waals surface area (Å²) in [5, 5.41) is 0. The Labute approximate surface area is 411 Å². The Balaban J connectivity index is 3.93. The van der Waals surface area contributed by atoms with Gasteiger partial charge in [-0.2, -0.15) is 0 Å². The van der Waals surface area contributed by atoms with Crippen molar-refractivity contribution in [3.63, 3.8) is 0 Å². The number of phosphoric acid groups is 1. The first-order chi connectivity index (χ1) is 32.8. The SMILES string of the molecule is CC/C=C\C/C=C\C/C=C\C/C=C\CCCCCCCCCCCCCCCCCCCCC(=O)OC(COC(=O)CCCCCCC/C=C\C/C=C\C/C=C\CC)COP(=O)(O)OCCN. The number of carbonyl (C=O) groups is 2. The Morgan fingerprint density at radius 1 is 0.448 bits per heavy atom. The van der Waals surface area contributed by atoms with Crippen LogP contribution in [0.25, 0.3) is 0 Å². The van der Waals surface area contributed by atoms with Crippen LogP contribution in [0.5, 0.6) is 0 Å². The molecule has 0 bridgehead atoms. The fourth-order valence-corrected chi connectivity index (χ4v) is 8.11. The van der Waals surface area contributed by atoms with Crippen LogP contribution in [0.2, 0.25) is 0 Å². The maximum atomic E-state index is 12.7. The highest BCUT2D eigenvalue weighted by molar-refractivity contribution is 7.47. The minimum Gasteiger partial charge on any atom is -0.462 e. The maximum Gasteiger partial charge on any atom is 0.472 e. The van der Waals surface area contributed by atoms with Crippen LogP contribution in [0.1, 0.15) is 232 Å². The maximum absolute atomic E-state index is 12.7. The number of phosphoric ester groups is 1. The predicted octanol–water partition coefficient (Wildman–Crippen LogP) is 16.7. The van der Waals surface area contributed by atoms with Gasteiger partial charge in [0.25, 0.3) is 0 Å². The van der Waals surface area contributed by atoms with E-state index in [1.54, 1.807) is 0 Å². The van der Waals surface area contributed by atoms with Crippen LogP contribution in [0, 0.1) is 0 Å². The molecule has 0 aliphatic carbocycles. The normalized spacial score (nSPS) is 13.8. The van der Waals surface area contributed by atoms with Gasteiger partial charge in [-0.15, -0.1) is 0 Å². The second kappa shape index (κ2) is 52.6. The third-order valence-corrected chi connectivity index (χ3v) is 12.3. The standard InChI is InChI=1S/C57H100NO8P/c1-3-5-7-9-11-13-15-17-19-20-21-22-23-24-25-26-27-28-29-30-31-32-33-34-36-38-40-42-44-46-48-50-57(60)66-55(54-65-67(61,62)64-52-51-58)53-63-56(59)49-47-45-43-41-39-37-35-18-16-14-12-10-8-6-4-2/h5-8,11-14,17-19,21-22,35,55H,3-4,9-10,15-16,20,23-34,36-54,58H2,1-2H3,(H,61,62)/b7-5-,8-6-,13-11-,14-12-,19-17-,22-21-,35-18-. The summed E-state index contributed by atoms with van der Waals surface area (Å²) >= 11 is 0. The van der Waals surface area contributed by atoms with E-state index in [2.05, 4.69) is 98.9 Å². The summed E-state index contributed by atoms with van der Waals surface area (Å²) in [6, 6.07) is 0. The molecule has 0 saturated carbocycles. The molecule has 0 aliphatic rings. The number of hydrogen-bond donors (Lipinski definition) is 2. The zero-order valence-electron chi connectivity index (χ0n) is 42.9. The number of hydrogen-bond acceptors (Lipinski definition) is 8. The monoisotopic (exact) mass is 958 g/mol. The van der Waals surface area contributed by atoms with Crippen LogP contribution in [0.4, 0.5) is 0 Å². The molecule has 3 N–H and O–H groups in total. The summed E-state index contributed by atoms with van der Waals surface area (Å²) in [5.41, 5.74) is 5.37. The van der Waals surface area contributed by atoms with Crippen molar-refractivity contribution in [2.45, 2.75) is 238 Å². The molecule has 0 rings (SSSR count). The number of allylic oxidation sites excluding steroid dienone is 14. The molecule has 9 nitrogen and oxygen atoms in total. The Hall–Kier alpha value is -2.81. The van der Waals surface area contributed by atoms with E-state index in [4.69, 9.17) is 24.3 Å². The number of ether oxygens (including phenoxy) is 2. The van der Waals surface area contributed by atoms with Gasteiger partial charge in [-0.05, 0) is 83.5 Å². The fraction of sp³-hybridized carbons (Fsp3) is 0.719. The van der Waals surface area contributed by atoms with Crippen molar-refractivity contribution in [2.75, 3.05) is 26.4 Å². The first-order valence-electron chi connectivity index (χ1n) is 27.1. The van der Waals surface area contributed by atoms with Gasteiger partial charge in [-0.3, -0.25) is 18.6 Å².